The Bertz CT molecular complexity index is 797. The van der Waals surface area contributed by atoms with Crippen LogP contribution in [0.4, 0.5) is 22.7 Å². The minimum atomic E-state index is -0.322. The molecule has 0 saturated heterocycles. The molecule has 4 nitrogen and oxygen atoms in total. The number of para-hydroxylation sites is 1. The molecule has 0 amide bonds. The van der Waals surface area contributed by atoms with Gasteiger partial charge in [0.15, 0.2) is 0 Å². The van der Waals surface area contributed by atoms with Gasteiger partial charge in [0.1, 0.15) is 5.75 Å². The summed E-state index contributed by atoms with van der Waals surface area (Å²) in [6, 6.07) is 25.3. The summed E-state index contributed by atoms with van der Waals surface area (Å²) in [5.41, 5.74) is 3.99. The lowest BCUT2D eigenvalue weighted by atomic mass is 10.2. The normalized spacial score (nSPS) is 10.0. The van der Waals surface area contributed by atoms with Gasteiger partial charge in [0, 0.05) is 29.7 Å². The number of rotatable bonds is 5. The van der Waals surface area contributed by atoms with Crippen LogP contribution in [0.1, 0.15) is 6.92 Å². The van der Waals surface area contributed by atoms with E-state index in [1.807, 2.05) is 66.7 Å². The van der Waals surface area contributed by atoms with E-state index in [0.717, 1.165) is 22.7 Å². The summed E-state index contributed by atoms with van der Waals surface area (Å²) >= 11 is 0. The van der Waals surface area contributed by atoms with E-state index in [4.69, 9.17) is 4.74 Å². The van der Waals surface area contributed by atoms with E-state index in [9.17, 15) is 4.79 Å². The summed E-state index contributed by atoms with van der Waals surface area (Å²) in [4.78, 5) is 10.9. The van der Waals surface area contributed by atoms with Crippen molar-refractivity contribution in [2.24, 2.45) is 0 Å². The molecule has 120 valence electrons. The molecule has 2 N–H and O–H groups in total. The Morgan fingerprint density at radius 3 is 1.54 bits per heavy atom. The average Bonchev–Trinajstić information content (AvgIpc) is 2.59. The zero-order valence-corrected chi connectivity index (χ0v) is 13.3. The molecule has 4 heteroatoms. The van der Waals surface area contributed by atoms with Gasteiger partial charge in [-0.15, -0.1) is 0 Å². The molecule has 3 aromatic carbocycles. The number of anilines is 4. The summed E-state index contributed by atoms with van der Waals surface area (Å²) < 4.78 is 5.02. The third kappa shape index (κ3) is 4.36. The number of esters is 1. The molecule has 0 radical (unpaired) electrons. The molecule has 0 aliphatic heterocycles. The van der Waals surface area contributed by atoms with Crippen molar-refractivity contribution in [2.45, 2.75) is 6.92 Å². The van der Waals surface area contributed by atoms with Crippen molar-refractivity contribution in [3.8, 4) is 5.75 Å². The van der Waals surface area contributed by atoms with Gasteiger partial charge >= 0.3 is 5.97 Å². The zero-order valence-electron chi connectivity index (χ0n) is 13.3. The highest BCUT2D eigenvalue weighted by molar-refractivity contribution is 5.70. The van der Waals surface area contributed by atoms with Crippen LogP contribution in [-0.4, -0.2) is 5.97 Å². The average molecular weight is 318 g/mol. The number of carbonyl (C=O) groups excluding carboxylic acids is 1. The van der Waals surface area contributed by atoms with Crippen molar-refractivity contribution in [3.05, 3.63) is 78.9 Å². The smallest absolute Gasteiger partial charge is 0.308 e. The van der Waals surface area contributed by atoms with Gasteiger partial charge in [0.05, 0.1) is 0 Å². The number of carbonyl (C=O) groups is 1. The lowest BCUT2D eigenvalue weighted by Gasteiger charge is -2.10. The summed E-state index contributed by atoms with van der Waals surface area (Å²) in [6.45, 7) is 1.39. The van der Waals surface area contributed by atoms with Crippen molar-refractivity contribution in [2.75, 3.05) is 10.6 Å². The first-order valence-corrected chi connectivity index (χ1v) is 7.67. The minimum absolute atomic E-state index is 0.322. The van der Waals surface area contributed by atoms with Gasteiger partial charge in [-0.3, -0.25) is 4.79 Å². The van der Waals surface area contributed by atoms with Crippen molar-refractivity contribution >= 4 is 28.7 Å². The second-order valence-corrected chi connectivity index (χ2v) is 5.31. The molecule has 0 bridgehead atoms. The number of ether oxygens (including phenoxy) is 1. The first-order chi connectivity index (χ1) is 11.7. The number of hydrogen-bond acceptors (Lipinski definition) is 4. The van der Waals surface area contributed by atoms with Crippen LogP contribution in [0.2, 0.25) is 0 Å². The fourth-order valence-electron chi connectivity index (χ4n) is 2.26. The predicted molar refractivity (Wildman–Crippen MR) is 97.2 cm³/mol. The number of benzene rings is 3. The van der Waals surface area contributed by atoms with Crippen LogP contribution in [0.25, 0.3) is 0 Å². The quantitative estimate of drug-likeness (QED) is 0.507. The highest BCUT2D eigenvalue weighted by Crippen LogP contribution is 2.23. The Morgan fingerprint density at radius 2 is 1.08 bits per heavy atom. The largest absolute Gasteiger partial charge is 0.427 e. The maximum absolute atomic E-state index is 10.9. The second kappa shape index (κ2) is 7.33. The maximum Gasteiger partial charge on any atom is 0.308 e. The standard InChI is InChI=1S/C20H18N2O2/c1-15(23)24-20-13-11-19(12-14-20)22-18-9-7-17(8-10-18)21-16-5-3-2-4-6-16/h2-14,21-22H,1H3. The van der Waals surface area contributed by atoms with Crippen LogP contribution >= 0.6 is 0 Å². The summed E-state index contributed by atoms with van der Waals surface area (Å²) in [7, 11) is 0. The molecule has 0 aliphatic carbocycles. The van der Waals surface area contributed by atoms with E-state index >= 15 is 0 Å². The van der Waals surface area contributed by atoms with E-state index in [1.165, 1.54) is 6.92 Å². The lowest BCUT2D eigenvalue weighted by molar-refractivity contribution is -0.131. The Kier molecular flexibility index (Phi) is 4.77. The Hall–Kier alpha value is -3.27. The maximum atomic E-state index is 10.9. The molecule has 0 aliphatic rings. The minimum Gasteiger partial charge on any atom is -0.427 e. The molecule has 24 heavy (non-hydrogen) atoms. The van der Waals surface area contributed by atoms with E-state index in [-0.39, 0.29) is 5.97 Å². The molecule has 0 heterocycles. The summed E-state index contributed by atoms with van der Waals surface area (Å²) in [6.07, 6.45) is 0. The highest BCUT2D eigenvalue weighted by atomic mass is 16.5. The van der Waals surface area contributed by atoms with Crippen LogP contribution in [0.15, 0.2) is 78.9 Å². The van der Waals surface area contributed by atoms with E-state index in [0.29, 0.717) is 5.75 Å². The topological polar surface area (TPSA) is 50.4 Å². The van der Waals surface area contributed by atoms with Gasteiger partial charge in [-0.25, -0.2) is 0 Å². The van der Waals surface area contributed by atoms with Crippen LogP contribution in [-0.2, 0) is 4.79 Å². The molecule has 0 spiro atoms. The van der Waals surface area contributed by atoms with Crippen molar-refractivity contribution in [3.63, 3.8) is 0 Å². The van der Waals surface area contributed by atoms with E-state index in [2.05, 4.69) is 10.6 Å². The highest BCUT2D eigenvalue weighted by Gasteiger charge is 2.00. The van der Waals surface area contributed by atoms with Crippen LogP contribution in [0, 0.1) is 0 Å². The summed E-state index contributed by atoms with van der Waals surface area (Å²) in [5.74, 6) is 0.215. The SMILES string of the molecule is CC(=O)Oc1ccc(Nc2ccc(Nc3ccccc3)cc2)cc1. The number of nitrogens with one attached hydrogen (secondary N) is 2. The van der Waals surface area contributed by atoms with Crippen LogP contribution < -0.4 is 15.4 Å². The predicted octanol–water partition coefficient (Wildman–Crippen LogP) is 5.10. The van der Waals surface area contributed by atoms with Gasteiger partial charge in [-0.05, 0) is 60.7 Å². The van der Waals surface area contributed by atoms with Crippen LogP contribution in [0.5, 0.6) is 5.75 Å². The molecular weight excluding hydrogens is 300 g/mol. The Morgan fingerprint density at radius 1 is 0.667 bits per heavy atom. The third-order valence-corrected chi connectivity index (χ3v) is 3.35. The van der Waals surface area contributed by atoms with Crippen LogP contribution in [0.3, 0.4) is 0 Å². The molecule has 0 fully saturated rings. The fraction of sp³-hybridized carbons (Fsp3) is 0.0500. The van der Waals surface area contributed by atoms with Gasteiger partial charge < -0.3 is 15.4 Å². The first-order valence-electron chi connectivity index (χ1n) is 7.67. The molecule has 0 unspecified atom stereocenters. The molecule has 0 aromatic heterocycles. The Balaban J connectivity index is 1.62. The Labute approximate surface area is 141 Å². The molecule has 0 saturated carbocycles. The second-order valence-electron chi connectivity index (χ2n) is 5.31. The molecule has 3 aromatic rings. The van der Waals surface area contributed by atoms with Crippen molar-refractivity contribution < 1.29 is 9.53 Å². The van der Waals surface area contributed by atoms with E-state index in [1.54, 1.807) is 12.1 Å². The molecule has 3 rings (SSSR count). The van der Waals surface area contributed by atoms with Crippen molar-refractivity contribution in [1.29, 1.82) is 0 Å². The summed E-state index contributed by atoms with van der Waals surface area (Å²) in [5, 5.41) is 6.65. The lowest BCUT2D eigenvalue weighted by Crippen LogP contribution is -2.01. The third-order valence-electron chi connectivity index (χ3n) is 3.35. The van der Waals surface area contributed by atoms with Crippen molar-refractivity contribution in [1.82, 2.24) is 0 Å². The molecular formula is C20H18N2O2. The molecule has 0 atom stereocenters. The zero-order chi connectivity index (χ0) is 16.8. The van der Waals surface area contributed by atoms with Gasteiger partial charge in [-0.1, -0.05) is 18.2 Å². The van der Waals surface area contributed by atoms with Gasteiger partial charge in [0.2, 0.25) is 0 Å². The van der Waals surface area contributed by atoms with Gasteiger partial charge in [0.25, 0.3) is 0 Å². The first kappa shape index (κ1) is 15.6. The van der Waals surface area contributed by atoms with Gasteiger partial charge in [-0.2, -0.15) is 0 Å². The number of hydrogen-bond donors (Lipinski definition) is 2. The fourth-order valence-corrected chi connectivity index (χ4v) is 2.26. The van der Waals surface area contributed by atoms with E-state index < -0.39 is 0 Å². The monoisotopic (exact) mass is 318 g/mol.